The van der Waals surface area contributed by atoms with Crippen LogP contribution in [0.3, 0.4) is 0 Å². The van der Waals surface area contributed by atoms with E-state index in [9.17, 15) is 9.59 Å². The quantitative estimate of drug-likeness (QED) is 0.673. The van der Waals surface area contributed by atoms with Gasteiger partial charge < -0.3 is 15.4 Å². The normalized spacial score (nSPS) is 13.3. The van der Waals surface area contributed by atoms with E-state index in [-0.39, 0.29) is 11.9 Å². The van der Waals surface area contributed by atoms with Crippen LogP contribution in [0.1, 0.15) is 18.9 Å². The number of halogens is 2. The predicted octanol–water partition coefficient (Wildman–Crippen LogP) is 2.19. The molecular formula is C15H20Cl2N2O3. The van der Waals surface area contributed by atoms with Gasteiger partial charge in [-0.3, -0.25) is 9.59 Å². The molecule has 0 bridgehead atoms. The Morgan fingerprint density at radius 3 is 2.64 bits per heavy atom. The fraction of sp³-hybridized carbons (Fsp3) is 0.467. The van der Waals surface area contributed by atoms with Crippen LogP contribution in [0.15, 0.2) is 18.2 Å². The highest BCUT2D eigenvalue weighted by Gasteiger charge is 2.21. The van der Waals surface area contributed by atoms with Gasteiger partial charge in [0.05, 0.1) is 22.7 Å². The second kappa shape index (κ2) is 9.66. The van der Waals surface area contributed by atoms with Crippen LogP contribution in [0, 0.1) is 0 Å². The summed E-state index contributed by atoms with van der Waals surface area (Å²) >= 11 is 11.8. The van der Waals surface area contributed by atoms with Gasteiger partial charge in [0.25, 0.3) is 0 Å². The Kier molecular flexibility index (Phi) is 8.24. The van der Waals surface area contributed by atoms with Gasteiger partial charge >= 0.3 is 0 Å². The van der Waals surface area contributed by atoms with E-state index in [2.05, 4.69) is 10.6 Å². The van der Waals surface area contributed by atoms with E-state index in [0.717, 1.165) is 12.0 Å². The molecule has 1 aromatic carbocycles. The molecule has 5 nitrogen and oxygen atoms in total. The van der Waals surface area contributed by atoms with Gasteiger partial charge in [0.15, 0.2) is 0 Å². The van der Waals surface area contributed by atoms with Crippen molar-refractivity contribution in [3.8, 4) is 0 Å². The predicted molar refractivity (Wildman–Crippen MR) is 87.3 cm³/mol. The number of benzene rings is 1. The number of nitrogens with one attached hydrogen (secondary N) is 2. The van der Waals surface area contributed by atoms with Crippen LogP contribution in [0.25, 0.3) is 0 Å². The first-order valence-corrected chi connectivity index (χ1v) is 7.70. The maximum atomic E-state index is 12.3. The molecule has 0 heterocycles. The van der Waals surface area contributed by atoms with E-state index in [0.29, 0.717) is 29.5 Å². The minimum absolute atomic E-state index is 0.0951. The van der Waals surface area contributed by atoms with Crippen molar-refractivity contribution in [2.75, 3.05) is 13.7 Å². The molecule has 2 atom stereocenters. The van der Waals surface area contributed by atoms with Crippen molar-refractivity contribution in [1.29, 1.82) is 0 Å². The third kappa shape index (κ3) is 5.83. The Bertz CT molecular complexity index is 512. The number of ether oxygens (including phenoxy) is 1. The molecule has 0 aromatic heterocycles. The number of carbonyl (C=O) groups is 2. The lowest BCUT2D eigenvalue weighted by molar-refractivity contribution is -0.126. The second-order valence-electron chi connectivity index (χ2n) is 4.86. The van der Waals surface area contributed by atoms with Crippen molar-refractivity contribution in [1.82, 2.24) is 10.6 Å². The smallest absolute Gasteiger partial charge is 0.243 e. The molecule has 0 unspecified atom stereocenters. The summed E-state index contributed by atoms with van der Waals surface area (Å²) in [5.41, 5.74) is 0.809. The van der Waals surface area contributed by atoms with Gasteiger partial charge in [-0.05, 0) is 24.1 Å². The number of amides is 2. The molecule has 0 radical (unpaired) electrons. The number of rotatable bonds is 9. The zero-order valence-electron chi connectivity index (χ0n) is 12.6. The van der Waals surface area contributed by atoms with Crippen molar-refractivity contribution in [2.45, 2.75) is 31.8 Å². The van der Waals surface area contributed by atoms with Crippen molar-refractivity contribution >= 4 is 35.5 Å². The van der Waals surface area contributed by atoms with Crippen LogP contribution in [0.2, 0.25) is 10.0 Å². The Morgan fingerprint density at radius 1 is 1.36 bits per heavy atom. The largest absolute Gasteiger partial charge is 0.383 e. The summed E-state index contributed by atoms with van der Waals surface area (Å²) in [6, 6.07) is 4.34. The molecule has 7 heteroatoms. The van der Waals surface area contributed by atoms with Gasteiger partial charge in [0.1, 0.15) is 6.04 Å². The number of carbonyl (C=O) groups excluding carboxylic acids is 2. The third-order valence-corrected chi connectivity index (χ3v) is 3.96. The van der Waals surface area contributed by atoms with Crippen molar-refractivity contribution < 1.29 is 14.3 Å². The van der Waals surface area contributed by atoms with Crippen LogP contribution >= 0.6 is 23.2 Å². The standard InChI is InChI=1S/C15H20Cl2N2O3/c1-3-11(8-22-2)19-15(21)14(18-9-20)7-10-4-5-12(16)13(17)6-10/h4-6,9,11,14H,3,7-8H2,1-2H3,(H,18,20)(H,19,21)/t11-,14+/m0/s1. The van der Waals surface area contributed by atoms with Gasteiger partial charge in [-0.15, -0.1) is 0 Å². The summed E-state index contributed by atoms with van der Waals surface area (Å²) in [6.45, 7) is 2.37. The van der Waals surface area contributed by atoms with Gasteiger partial charge in [-0.1, -0.05) is 36.2 Å². The zero-order valence-corrected chi connectivity index (χ0v) is 14.1. The monoisotopic (exact) mass is 346 g/mol. The first-order chi connectivity index (χ1) is 10.5. The highest BCUT2D eigenvalue weighted by Crippen LogP contribution is 2.23. The van der Waals surface area contributed by atoms with Crippen LogP contribution < -0.4 is 10.6 Å². The van der Waals surface area contributed by atoms with Crippen LogP contribution in [-0.4, -0.2) is 38.1 Å². The van der Waals surface area contributed by atoms with Crippen LogP contribution in [-0.2, 0) is 20.7 Å². The molecule has 2 N–H and O–H groups in total. The molecule has 0 saturated heterocycles. The highest BCUT2D eigenvalue weighted by molar-refractivity contribution is 6.42. The van der Waals surface area contributed by atoms with Gasteiger partial charge in [-0.2, -0.15) is 0 Å². The second-order valence-corrected chi connectivity index (χ2v) is 5.67. The lowest BCUT2D eigenvalue weighted by Crippen LogP contribution is -2.49. The van der Waals surface area contributed by atoms with Crippen molar-refractivity contribution in [3.63, 3.8) is 0 Å². The minimum Gasteiger partial charge on any atom is -0.383 e. The first-order valence-electron chi connectivity index (χ1n) is 6.94. The van der Waals surface area contributed by atoms with Crippen molar-refractivity contribution in [2.24, 2.45) is 0 Å². The fourth-order valence-electron chi connectivity index (χ4n) is 1.98. The molecule has 2 amide bonds. The molecule has 1 rings (SSSR count). The average molecular weight is 347 g/mol. The van der Waals surface area contributed by atoms with Gasteiger partial charge in [0.2, 0.25) is 12.3 Å². The molecule has 0 saturated carbocycles. The van der Waals surface area contributed by atoms with E-state index in [1.807, 2.05) is 6.92 Å². The summed E-state index contributed by atoms with van der Waals surface area (Å²) < 4.78 is 5.05. The molecule has 122 valence electrons. The Hall–Kier alpha value is -1.30. The average Bonchev–Trinajstić information content (AvgIpc) is 2.49. The maximum Gasteiger partial charge on any atom is 0.243 e. The van der Waals surface area contributed by atoms with E-state index in [1.54, 1.807) is 25.3 Å². The van der Waals surface area contributed by atoms with Crippen molar-refractivity contribution in [3.05, 3.63) is 33.8 Å². The fourth-order valence-corrected chi connectivity index (χ4v) is 2.30. The molecule has 0 aliphatic carbocycles. The number of hydrogen-bond acceptors (Lipinski definition) is 3. The van der Waals surface area contributed by atoms with Crippen LogP contribution in [0.5, 0.6) is 0 Å². The highest BCUT2D eigenvalue weighted by atomic mass is 35.5. The zero-order chi connectivity index (χ0) is 16.5. The Labute approximate surface area is 140 Å². The summed E-state index contributed by atoms with van der Waals surface area (Å²) in [5.74, 6) is -0.262. The van der Waals surface area contributed by atoms with Crippen LogP contribution in [0.4, 0.5) is 0 Å². The van der Waals surface area contributed by atoms with E-state index >= 15 is 0 Å². The SMILES string of the molecule is CC[C@@H](COC)NC(=O)[C@@H](Cc1ccc(Cl)c(Cl)c1)NC=O. The van der Waals surface area contributed by atoms with Gasteiger partial charge in [-0.25, -0.2) is 0 Å². The molecule has 0 spiro atoms. The van der Waals surface area contributed by atoms with Gasteiger partial charge in [0, 0.05) is 13.5 Å². The molecule has 0 fully saturated rings. The van der Waals surface area contributed by atoms with E-state index < -0.39 is 6.04 Å². The first kappa shape index (κ1) is 18.7. The lowest BCUT2D eigenvalue weighted by Gasteiger charge is -2.21. The summed E-state index contributed by atoms with van der Waals surface area (Å²) in [4.78, 5) is 23.0. The topological polar surface area (TPSA) is 67.4 Å². The Balaban J connectivity index is 2.76. The number of hydrogen-bond donors (Lipinski definition) is 2. The molecule has 0 aliphatic rings. The molecule has 0 aliphatic heterocycles. The van der Waals surface area contributed by atoms with E-state index in [4.69, 9.17) is 27.9 Å². The van der Waals surface area contributed by atoms with E-state index in [1.165, 1.54) is 0 Å². The lowest BCUT2D eigenvalue weighted by atomic mass is 10.0. The summed E-state index contributed by atoms with van der Waals surface area (Å²) in [5, 5.41) is 6.24. The molecule has 22 heavy (non-hydrogen) atoms. The summed E-state index contributed by atoms with van der Waals surface area (Å²) in [6.07, 6.45) is 1.57. The third-order valence-electron chi connectivity index (χ3n) is 3.22. The molecular weight excluding hydrogens is 327 g/mol. The summed E-state index contributed by atoms with van der Waals surface area (Å²) in [7, 11) is 1.58. The Morgan fingerprint density at radius 2 is 2.09 bits per heavy atom. The minimum atomic E-state index is -0.680. The maximum absolute atomic E-state index is 12.3. The number of methoxy groups -OCH3 is 1. The molecule has 1 aromatic rings.